The molecule has 1 amide bonds. The summed E-state index contributed by atoms with van der Waals surface area (Å²) in [7, 11) is 1.35. The number of nitrogens with zero attached hydrogens (tertiary/aromatic N) is 1. The fraction of sp³-hybridized carbons (Fsp3) is 0.455. The van der Waals surface area contributed by atoms with Crippen LogP contribution >= 0.6 is 0 Å². The van der Waals surface area contributed by atoms with Gasteiger partial charge in [0.2, 0.25) is 5.91 Å². The van der Waals surface area contributed by atoms with E-state index in [9.17, 15) is 19.2 Å². The first-order valence-corrected chi connectivity index (χ1v) is 5.47. The Hall–Kier alpha value is -2.38. The lowest BCUT2D eigenvalue weighted by Gasteiger charge is -2.31. The van der Waals surface area contributed by atoms with Crippen LogP contribution < -0.4 is 11.2 Å². The van der Waals surface area contributed by atoms with Gasteiger partial charge in [0.25, 0.3) is 5.56 Å². The largest absolute Gasteiger partial charge is 0.480 e. The molecule has 8 nitrogen and oxygen atoms in total. The first-order chi connectivity index (χ1) is 8.64. The summed E-state index contributed by atoms with van der Waals surface area (Å²) in [5, 5.41) is 9.01. The minimum absolute atomic E-state index is 0.131. The van der Waals surface area contributed by atoms with E-state index in [0.29, 0.717) is 0 Å². The number of hydrogen-bond donors (Lipinski definition) is 3. The second kappa shape index (κ2) is 5.09. The quantitative estimate of drug-likeness (QED) is 0.642. The zero-order valence-corrected chi connectivity index (χ0v) is 10.8. The number of carbonyl (C=O) groups is 2. The third-order valence-corrected chi connectivity index (χ3v) is 2.89. The Morgan fingerprint density at radius 1 is 1.32 bits per heavy atom. The van der Waals surface area contributed by atoms with Crippen molar-refractivity contribution in [2.75, 3.05) is 7.05 Å². The van der Waals surface area contributed by atoms with E-state index >= 15 is 0 Å². The maximum atomic E-state index is 11.9. The van der Waals surface area contributed by atoms with Gasteiger partial charge in [0.15, 0.2) is 0 Å². The topological polar surface area (TPSA) is 123 Å². The van der Waals surface area contributed by atoms with Gasteiger partial charge in [-0.15, -0.1) is 0 Å². The summed E-state index contributed by atoms with van der Waals surface area (Å²) in [6.45, 7) is 2.77. The van der Waals surface area contributed by atoms with Gasteiger partial charge in [-0.05, 0) is 13.8 Å². The average molecular weight is 269 g/mol. The number of aliphatic carboxylic acids is 1. The highest BCUT2D eigenvalue weighted by atomic mass is 16.4. The van der Waals surface area contributed by atoms with Gasteiger partial charge < -0.3 is 15.0 Å². The molecule has 0 saturated carbocycles. The van der Waals surface area contributed by atoms with Gasteiger partial charge in [-0.1, -0.05) is 0 Å². The SMILES string of the molecule is CN(C(=O)Cc1cc(=O)[nH]c(=O)[nH]1)C(C)(C)C(=O)O. The molecule has 1 rings (SSSR count). The predicted octanol–water partition coefficient (Wildman–Crippen LogP) is -1.07. The number of likely N-dealkylation sites (N-methyl/N-ethyl adjacent to an activating group) is 1. The van der Waals surface area contributed by atoms with Crippen molar-refractivity contribution in [3.63, 3.8) is 0 Å². The zero-order chi connectivity index (χ0) is 14.8. The van der Waals surface area contributed by atoms with E-state index in [1.165, 1.54) is 20.9 Å². The molecular weight excluding hydrogens is 254 g/mol. The molecule has 0 aliphatic rings. The number of rotatable bonds is 4. The molecule has 0 spiro atoms. The van der Waals surface area contributed by atoms with Gasteiger partial charge in [0.05, 0.1) is 6.42 Å². The van der Waals surface area contributed by atoms with Crippen molar-refractivity contribution in [2.45, 2.75) is 25.8 Å². The Labute approximate surface area is 108 Å². The third-order valence-electron chi connectivity index (χ3n) is 2.89. The summed E-state index contributed by atoms with van der Waals surface area (Å²) in [6.07, 6.45) is -0.258. The molecule has 0 aliphatic carbocycles. The molecule has 104 valence electrons. The summed E-state index contributed by atoms with van der Waals surface area (Å²) in [5.41, 5.74) is -2.58. The molecule has 3 N–H and O–H groups in total. The Kier molecular flexibility index (Phi) is 3.93. The van der Waals surface area contributed by atoms with E-state index in [2.05, 4.69) is 4.98 Å². The van der Waals surface area contributed by atoms with Crippen LogP contribution in [0.1, 0.15) is 19.5 Å². The van der Waals surface area contributed by atoms with E-state index in [4.69, 9.17) is 5.11 Å². The molecule has 0 aromatic carbocycles. The number of H-pyrrole nitrogens is 2. The molecule has 0 atom stereocenters. The highest BCUT2D eigenvalue weighted by Crippen LogP contribution is 2.13. The Morgan fingerprint density at radius 2 is 1.89 bits per heavy atom. The van der Waals surface area contributed by atoms with E-state index < -0.39 is 28.7 Å². The number of amides is 1. The second-order valence-electron chi connectivity index (χ2n) is 4.61. The lowest BCUT2D eigenvalue weighted by atomic mass is 10.0. The molecule has 19 heavy (non-hydrogen) atoms. The van der Waals surface area contributed by atoms with Crippen LogP contribution in [0.2, 0.25) is 0 Å². The number of hydrogen-bond acceptors (Lipinski definition) is 4. The highest BCUT2D eigenvalue weighted by Gasteiger charge is 2.35. The molecule has 0 saturated heterocycles. The molecule has 1 heterocycles. The van der Waals surface area contributed by atoms with Gasteiger partial charge in [-0.25, -0.2) is 9.59 Å². The van der Waals surface area contributed by atoms with Crippen LogP contribution in [0.3, 0.4) is 0 Å². The highest BCUT2D eigenvalue weighted by molar-refractivity contribution is 5.87. The molecule has 0 fully saturated rings. The van der Waals surface area contributed by atoms with Crippen molar-refractivity contribution in [3.05, 3.63) is 32.6 Å². The van der Waals surface area contributed by atoms with E-state index in [1.807, 2.05) is 4.98 Å². The van der Waals surface area contributed by atoms with Crippen LogP contribution in [0.15, 0.2) is 15.7 Å². The molecule has 0 unspecified atom stereocenters. The van der Waals surface area contributed by atoms with Gasteiger partial charge >= 0.3 is 11.7 Å². The van der Waals surface area contributed by atoms with Crippen LogP contribution in [0.4, 0.5) is 0 Å². The lowest BCUT2D eigenvalue weighted by Crippen LogP contribution is -2.51. The van der Waals surface area contributed by atoms with Crippen LogP contribution in [-0.4, -0.2) is 44.4 Å². The zero-order valence-electron chi connectivity index (χ0n) is 10.8. The Morgan fingerprint density at radius 3 is 2.37 bits per heavy atom. The summed E-state index contributed by atoms with van der Waals surface area (Å²) in [6, 6.07) is 1.08. The van der Waals surface area contributed by atoms with Gasteiger partial charge in [0.1, 0.15) is 5.54 Å². The first-order valence-electron chi connectivity index (χ1n) is 5.47. The van der Waals surface area contributed by atoms with Crippen LogP contribution in [0, 0.1) is 0 Å². The molecule has 1 aromatic heterocycles. The number of aromatic nitrogens is 2. The van der Waals surface area contributed by atoms with Crippen molar-refractivity contribution in [2.24, 2.45) is 0 Å². The number of aromatic amines is 2. The van der Waals surface area contributed by atoms with E-state index in [-0.39, 0.29) is 12.1 Å². The average Bonchev–Trinajstić information content (AvgIpc) is 2.25. The third kappa shape index (κ3) is 3.30. The monoisotopic (exact) mass is 269 g/mol. The Balaban J connectivity index is 2.94. The normalized spacial score (nSPS) is 11.1. The molecule has 0 bridgehead atoms. The maximum absolute atomic E-state index is 11.9. The van der Waals surface area contributed by atoms with E-state index in [1.54, 1.807) is 0 Å². The fourth-order valence-electron chi connectivity index (χ4n) is 1.35. The molecular formula is C11H15N3O5. The number of carbonyl (C=O) groups excluding carboxylic acids is 1. The van der Waals surface area contributed by atoms with Crippen LogP contribution in [0.5, 0.6) is 0 Å². The summed E-state index contributed by atoms with van der Waals surface area (Å²) >= 11 is 0. The predicted molar refractivity (Wildman–Crippen MR) is 65.9 cm³/mol. The molecule has 0 radical (unpaired) electrons. The first kappa shape index (κ1) is 14.7. The smallest absolute Gasteiger partial charge is 0.329 e. The van der Waals surface area contributed by atoms with Crippen LogP contribution in [0.25, 0.3) is 0 Å². The van der Waals surface area contributed by atoms with Crippen molar-refractivity contribution < 1.29 is 14.7 Å². The fourth-order valence-corrected chi connectivity index (χ4v) is 1.35. The summed E-state index contributed by atoms with van der Waals surface area (Å²) in [5.74, 6) is -1.67. The molecule has 0 aliphatic heterocycles. The minimum Gasteiger partial charge on any atom is -0.480 e. The molecule has 1 aromatic rings. The Bertz CT molecular complexity index is 585. The van der Waals surface area contributed by atoms with Crippen molar-refractivity contribution >= 4 is 11.9 Å². The van der Waals surface area contributed by atoms with E-state index in [0.717, 1.165) is 11.0 Å². The maximum Gasteiger partial charge on any atom is 0.329 e. The van der Waals surface area contributed by atoms with Crippen LogP contribution in [-0.2, 0) is 16.0 Å². The van der Waals surface area contributed by atoms with Crippen molar-refractivity contribution in [1.82, 2.24) is 14.9 Å². The van der Waals surface area contributed by atoms with Gasteiger partial charge in [0, 0.05) is 18.8 Å². The summed E-state index contributed by atoms with van der Waals surface area (Å²) < 4.78 is 0. The number of nitrogens with one attached hydrogen (secondary N) is 2. The minimum atomic E-state index is -1.38. The standard InChI is InChI=1S/C11H15N3O5/c1-11(2,9(17)18)14(3)8(16)5-6-4-7(15)13-10(19)12-6/h4H,5H2,1-3H3,(H,17,18)(H2,12,13,15,19). The van der Waals surface area contributed by atoms with Crippen molar-refractivity contribution in [3.8, 4) is 0 Å². The van der Waals surface area contributed by atoms with Crippen molar-refractivity contribution in [1.29, 1.82) is 0 Å². The molecule has 8 heteroatoms. The van der Waals surface area contributed by atoms with Gasteiger partial charge in [-0.2, -0.15) is 0 Å². The number of carboxylic acid groups (broad SMARTS) is 1. The summed E-state index contributed by atoms with van der Waals surface area (Å²) in [4.78, 5) is 50.4. The number of carboxylic acids is 1. The second-order valence-corrected chi connectivity index (χ2v) is 4.61. The lowest BCUT2D eigenvalue weighted by molar-refractivity contribution is -0.155. The van der Waals surface area contributed by atoms with Gasteiger partial charge in [-0.3, -0.25) is 14.6 Å².